The molecule has 0 amide bonds. The van der Waals surface area contributed by atoms with E-state index >= 15 is 0 Å². The zero-order chi connectivity index (χ0) is 12.8. The molecule has 2 rings (SSSR count). The molecule has 0 saturated carbocycles. The lowest BCUT2D eigenvalue weighted by Gasteiger charge is -2.06. The van der Waals surface area contributed by atoms with Gasteiger partial charge in [-0.3, -0.25) is 0 Å². The third-order valence-electron chi connectivity index (χ3n) is 2.88. The minimum absolute atomic E-state index is 0.780. The molecule has 0 atom stereocenters. The molecule has 2 nitrogen and oxygen atoms in total. The number of aryl methyl sites for hydroxylation is 1. The van der Waals surface area contributed by atoms with Gasteiger partial charge < -0.3 is 9.73 Å². The SMILES string of the molecule is CSCc1ccc(CNCc2ccccc2C)o1. The van der Waals surface area contributed by atoms with Gasteiger partial charge in [0.05, 0.1) is 12.3 Å². The molecule has 0 aliphatic heterocycles. The molecule has 0 saturated heterocycles. The van der Waals surface area contributed by atoms with Gasteiger partial charge in [-0.25, -0.2) is 0 Å². The van der Waals surface area contributed by atoms with Gasteiger partial charge in [0.25, 0.3) is 0 Å². The van der Waals surface area contributed by atoms with E-state index in [1.54, 1.807) is 11.8 Å². The molecule has 1 aromatic heterocycles. The highest BCUT2D eigenvalue weighted by Crippen LogP contribution is 2.13. The quantitative estimate of drug-likeness (QED) is 0.857. The Morgan fingerprint density at radius 3 is 2.61 bits per heavy atom. The second-order valence-electron chi connectivity index (χ2n) is 4.33. The van der Waals surface area contributed by atoms with Gasteiger partial charge in [-0.1, -0.05) is 24.3 Å². The highest BCUT2D eigenvalue weighted by atomic mass is 32.2. The summed E-state index contributed by atoms with van der Waals surface area (Å²) in [4.78, 5) is 0. The highest BCUT2D eigenvalue weighted by molar-refractivity contribution is 7.97. The second-order valence-corrected chi connectivity index (χ2v) is 5.20. The van der Waals surface area contributed by atoms with Crippen molar-refractivity contribution >= 4 is 11.8 Å². The van der Waals surface area contributed by atoms with Crippen LogP contribution in [0.15, 0.2) is 40.8 Å². The molecule has 0 aliphatic rings. The first-order valence-electron chi connectivity index (χ1n) is 6.11. The summed E-state index contributed by atoms with van der Waals surface area (Å²) in [6.45, 7) is 3.80. The van der Waals surface area contributed by atoms with E-state index in [4.69, 9.17) is 4.42 Å². The number of nitrogens with one attached hydrogen (secondary N) is 1. The topological polar surface area (TPSA) is 25.2 Å². The van der Waals surface area contributed by atoms with Gasteiger partial charge in [0.1, 0.15) is 11.5 Å². The third-order valence-corrected chi connectivity index (χ3v) is 3.45. The van der Waals surface area contributed by atoms with E-state index in [9.17, 15) is 0 Å². The number of rotatable bonds is 6. The van der Waals surface area contributed by atoms with Crippen LogP contribution in [0.4, 0.5) is 0 Å². The van der Waals surface area contributed by atoms with Gasteiger partial charge in [0.15, 0.2) is 0 Å². The Hall–Kier alpha value is -1.19. The van der Waals surface area contributed by atoms with Crippen molar-refractivity contribution < 1.29 is 4.42 Å². The van der Waals surface area contributed by atoms with Crippen molar-refractivity contribution in [3.05, 3.63) is 59.0 Å². The molecule has 1 N–H and O–H groups in total. The fourth-order valence-corrected chi connectivity index (χ4v) is 2.31. The minimum Gasteiger partial charge on any atom is -0.464 e. The molecule has 96 valence electrons. The van der Waals surface area contributed by atoms with Crippen LogP contribution in [-0.2, 0) is 18.8 Å². The first-order valence-corrected chi connectivity index (χ1v) is 7.50. The summed E-state index contributed by atoms with van der Waals surface area (Å²) in [5, 5.41) is 3.41. The van der Waals surface area contributed by atoms with Crippen LogP contribution < -0.4 is 5.32 Å². The normalized spacial score (nSPS) is 10.8. The lowest BCUT2D eigenvalue weighted by atomic mass is 10.1. The minimum atomic E-state index is 0.780. The summed E-state index contributed by atoms with van der Waals surface area (Å²) < 4.78 is 5.71. The monoisotopic (exact) mass is 261 g/mol. The maximum Gasteiger partial charge on any atom is 0.118 e. The summed E-state index contributed by atoms with van der Waals surface area (Å²) in [7, 11) is 0. The number of benzene rings is 1. The predicted molar refractivity (Wildman–Crippen MR) is 77.6 cm³/mol. The molecule has 0 aliphatic carbocycles. The van der Waals surface area contributed by atoms with Gasteiger partial charge in [-0.05, 0) is 36.4 Å². The third kappa shape index (κ3) is 3.65. The first kappa shape index (κ1) is 13.2. The molecule has 18 heavy (non-hydrogen) atoms. The van der Waals surface area contributed by atoms with Gasteiger partial charge in [-0.2, -0.15) is 11.8 Å². The van der Waals surface area contributed by atoms with Crippen molar-refractivity contribution in [3.8, 4) is 0 Å². The predicted octanol–water partition coefficient (Wildman–Crippen LogP) is 3.74. The second kappa shape index (κ2) is 6.66. The Kier molecular flexibility index (Phi) is 4.90. The number of furan rings is 1. The molecular weight excluding hydrogens is 242 g/mol. The summed E-state index contributed by atoms with van der Waals surface area (Å²) in [6, 6.07) is 12.6. The standard InChI is InChI=1S/C15H19NOS/c1-12-5-3-4-6-13(12)9-16-10-14-7-8-15(17-14)11-18-2/h3-8,16H,9-11H2,1-2H3. The van der Waals surface area contributed by atoms with Crippen molar-refractivity contribution in [2.75, 3.05) is 6.26 Å². The molecule has 0 unspecified atom stereocenters. The van der Waals surface area contributed by atoms with Crippen LogP contribution in [-0.4, -0.2) is 6.26 Å². The largest absolute Gasteiger partial charge is 0.464 e. The fourth-order valence-electron chi connectivity index (χ4n) is 1.87. The van der Waals surface area contributed by atoms with Crippen LogP contribution in [0.3, 0.4) is 0 Å². The number of hydrogen-bond acceptors (Lipinski definition) is 3. The number of hydrogen-bond donors (Lipinski definition) is 1. The van der Waals surface area contributed by atoms with Crippen molar-refractivity contribution in [2.24, 2.45) is 0 Å². The zero-order valence-electron chi connectivity index (χ0n) is 10.9. The van der Waals surface area contributed by atoms with E-state index in [-0.39, 0.29) is 0 Å². The van der Waals surface area contributed by atoms with Crippen LogP contribution in [0, 0.1) is 6.92 Å². The summed E-state index contributed by atoms with van der Waals surface area (Å²) in [6.07, 6.45) is 2.08. The Labute approximate surface area is 113 Å². The molecule has 3 heteroatoms. The van der Waals surface area contributed by atoms with Crippen LogP contribution in [0.5, 0.6) is 0 Å². The van der Waals surface area contributed by atoms with Gasteiger partial charge in [0.2, 0.25) is 0 Å². The molecule has 0 radical (unpaired) electrons. The zero-order valence-corrected chi connectivity index (χ0v) is 11.7. The molecule has 0 spiro atoms. The van der Waals surface area contributed by atoms with Crippen LogP contribution >= 0.6 is 11.8 Å². The Balaban J connectivity index is 1.83. The van der Waals surface area contributed by atoms with E-state index < -0.39 is 0 Å². The van der Waals surface area contributed by atoms with E-state index in [0.717, 1.165) is 30.4 Å². The lowest BCUT2D eigenvalue weighted by Crippen LogP contribution is -2.12. The maximum atomic E-state index is 5.71. The molecule has 2 aromatic rings. The van der Waals surface area contributed by atoms with Crippen molar-refractivity contribution in [2.45, 2.75) is 25.8 Å². The summed E-state index contributed by atoms with van der Waals surface area (Å²) >= 11 is 1.78. The molecule has 0 bridgehead atoms. The van der Waals surface area contributed by atoms with Gasteiger partial charge >= 0.3 is 0 Å². The fraction of sp³-hybridized carbons (Fsp3) is 0.333. The van der Waals surface area contributed by atoms with Crippen LogP contribution in [0.1, 0.15) is 22.6 Å². The molecule has 1 heterocycles. The summed E-state index contributed by atoms with van der Waals surface area (Å²) in [5.41, 5.74) is 2.67. The molecule has 1 aromatic carbocycles. The van der Waals surface area contributed by atoms with Crippen molar-refractivity contribution in [3.63, 3.8) is 0 Å². The van der Waals surface area contributed by atoms with Gasteiger partial charge in [0, 0.05) is 6.54 Å². The van der Waals surface area contributed by atoms with Crippen LogP contribution in [0.25, 0.3) is 0 Å². The average Bonchev–Trinajstić information content (AvgIpc) is 2.80. The van der Waals surface area contributed by atoms with E-state index in [2.05, 4.69) is 54.9 Å². The average molecular weight is 261 g/mol. The van der Waals surface area contributed by atoms with Crippen molar-refractivity contribution in [1.29, 1.82) is 0 Å². The van der Waals surface area contributed by atoms with E-state index in [1.807, 2.05) is 0 Å². The van der Waals surface area contributed by atoms with E-state index in [1.165, 1.54) is 11.1 Å². The van der Waals surface area contributed by atoms with Gasteiger partial charge in [-0.15, -0.1) is 0 Å². The molecule has 0 fully saturated rings. The summed E-state index contributed by atoms with van der Waals surface area (Å²) in [5.74, 6) is 3.00. The van der Waals surface area contributed by atoms with Crippen molar-refractivity contribution in [1.82, 2.24) is 5.32 Å². The number of thioether (sulfide) groups is 1. The Morgan fingerprint density at radius 1 is 1.06 bits per heavy atom. The maximum absolute atomic E-state index is 5.71. The smallest absolute Gasteiger partial charge is 0.118 e. The Bertz CT molecular complexity index is 493. The first-order chi connectivity index (χ1) is 8.79. The molecular formula is C15H19NOS. The van der Waals surface area contributed by atoms with Crippen LogP contribution in [0.2, 0.25) is 0 Å². The van der Waals surface area contributed by atoms with E-state index in [0.29, 0.717) is 0 Å². The Morgan fingerprint density at radius 2 is 1.83 bits per heavy atom. The highest BCUT2D eigenvalue weighted by Gasteiger charge is 2.02. The lowest BCUT2D eigenvalue weighted by molar-refractivity contribution is 0.459.